The number of hydrogen-bond acceptors (Lipinski definition) is 6. The summed E-state index contributed by atoms with van der Waals surface area (Å²) in [6.45, 7) is 0.306. The van der Waals surface area contributed by atoms with Gasteiger partial charge in [0.15, 0.2) is 0 Å². The van der Waals surface area contributed by atoms with Crippen LogP contribution in [0, 0.1) is 10.1 Å². The third-order valence-electron chi connectivity index (χ3n) is 2.33. The van der Waals surface area contributed by atoms with E-state index < -0.39 is 10.8 Å². The largest absolute Gasteiger partial charge is 0.311 e. The van der Waals surface area contributed by atoms with Gasteiger partial charge in [0.1, 0.15) is 5.15 Å². The van der Waals surface area contributed by atoms with Crippen molar-refractivity contribution >= 4 is 29.0 Å². The molecule has 1 amide bonds. The average molecular weight is 297 g/mol. The maximum Gasteiger partial charge on any atom is 0.311 e. The van der Waals surface area contributed by atoms with Crippen LogP contribution in [0.3, 0.4) is 0 Å². The van der Waals surface area contributed by atoms with Crippen LogP contribution in [0.1, 0.15) is 6.42 Å². The van der Waals surface area contributed by atoms with Crippen molar-refractivity contribution in [2.24, 2.45) is 0 Å². The first-order valence-corrected chi connectivity index (χ1v) is 5.89. The number of nitrogens with one attached hydrogen (secondary N) is 1. The Hall–Kier alpha value is -2.55. The van der Waals surface area contributed by atoms with Gasteiger partial charge in [0.2, 0.25) is 11.7 Å². The van der Waals surface area contributed by atoms with Crippen LogP contribution in [-0.2, 0) is 11.3 Å². The molecule has 2 aromatic heterocycles. The van der Waals surface area contributed by atoms with Gasteiger partial charge in [-0.2, -0.15) is 0 Å². The van der Waals surface area contributed by atoms with Gasteiger partial charge in [-0.3, -0.25) is 19.6 Å². The molecule has 0 bridgehead atoms. The quantitative estimate of drug-likeness (QED) is 0.504. The zero-order chi connectivity index (χ0) is 14.5. The summed E-state index contributed by atoms with van der Waals surface area (Å²) in [6, 6.07) is 2.47. The van der Waals surface area contributed by atoms with Gasteiger partial charge in [-0.1, -0.05) is 16.8 Å². The predicted molar refractivity (Wildman–Crippen MR) is 69.2 cm³/mol. The molecule has 0 aromatic carbocycles. The summed E-state index contributed by atoms with van der Waals surface area (Å²) in [4.78, 5) is 25.6. The van der Waals surface area contributed by atoms with E-state index in [0.29, 0.717) is 6.54 Å². The van der Waals surface area contributed by atoms with E-state index in [1.807, 2.05) is 0 Å². The Morgan fingerprint density at radius 2 is 2.30 bits per heavy atom. The third kappa shape index (κ3) is 3.48. The molecule has 0 unspecified atom stereocenters. The molecule has 0 spiro atoms. The molecule has 1 N–H and O–H groups in total. The van der Waals surface area contributed by atoms with Crippen molar-refractivity contribution in [2.45, 2.75) is 13.0 Å². The highest BCUT2D eigenvalue weighted by molar-refractivity contribution is 6.29. The second-order valence-electron chi connectivity index (χ2n) is 3.72. The van der Waals surface area contributed by atoms with E-state index in [-0.39, 0.29) is 23.1 Å². The number of anilines is 1. The standard InChI is InChI=1S/C10H9ClN6O3/c11-8-2-1-7(17(19)20)10(13-8)14-9(18)3-5-16-6-4-12-15-16/h1-2,4,6H,3,5H2,(H,13,14,18). The first-order valence-electron chi connectivity index (χ1n) is 5.51. The summed E-state index contributed by atoms with van der Waals surface area (Å²) in [7, 11) is 0. The van der Waals surface area contributed by atoms with Crippen molar-refractivity contribution in [3.8, 4) is 0 Å². The second-order valence-corrected chi connectivity index (χ2v) is 4.11. The number of halogens is 1. The lowest BCUT2D eigenvalue weighted by Gasteiger charge is -2.05. The SMILES string of the molecule is O=C(CCn1ccnn1)Nc1nc(Cl)ccc1[N+](=O)[O-]. The molecular weight excluding hydrogens is 288 g/mol. The molecule has 0 fully saturated rings. The second kappa shape index (κ2) is 6.06. The average Bonchev–Trinajstić information content (AvgIpc) is 2.89. The number of nitrogens with zero attached hydrogens (tertiary/aromatic N) is 5. The monoisotopic (exact) mass is 296 g/mol. The van der Waals surface area contributed by atoms with Gasteiger partial charge in [0.25, 0.3) is 0 Å². The molecule has 0 aliphatic rings. The number of aromatic nitrogens is 4. The van der Waals surface area contributed by atoms with Crippen LogP contribution in [0.2, 0.25) is 5.15 Å². The van der Waals surface area contributed by atoms with E-state index >= 15 is 0 Å². The number of nitro groups is 1. The molecule has 2 heterocycles. The zero-order valence-corrected chi connectivity index (χ0v) is 10.8. The van der Waals surface area contributed by atoms with Crippen molar-refractivity contribution in [1.29, 1.82) is 0 Å². The van der Waals surface area contributed by atoms with Crippen LogP contribution in [0.4, 0.5) is 11.5 Å². The number of amides is 1. The van der Waals surface area contributed by atoms with Crippen molar-refractivity contribution in [3.63, 3.8) is 0 Å². The van der Waals surface area contributed by atoms with Gasteiger partial charge < -0.3 is 5.32 Å². The van der Waals surface area contributed by atoms with E-state index in [9.17, 15) is 14.9 Å². The first kappa shape index (κ1) is 13.9. The van der Waals surface area contributed by atoms with Gasteiger partial charge >= 0.3 is 5.69 Å². The zero-order valence-electron chi connectivity index (χ0n) is 10.1. The number of aryl methyl sites for hydroxylation is 1. The maximum atomic E-state index is 11.7. The summed E-state index contributed by atoms with van der Waals surface area (Å²) in [6.07, 6.45) is 3.17. The minimum atomic E-state index is -0.642. The van der Waals surface area contributed by atoms with E-state index in [1.54, 1.807) is 6.20 Å². The molecule has 10 heteroatoms. The number of carbonyl (C=O) groups is 1. The van der Waals surface area contributed by atoms with Crippen LogP contribution in [0.15, 0.2) is 24.5 Å². The molecule has 104 valence electrons. The summed E-state index contributed by atoms with van der Waals surface area (Å²) in [5.74, 6) is -0.607. The Morgan fingerprint density at radius 3 is 2.95 bits per heavy atom. The van der Waals surface area contributed by atoms with Crippen LogP contribution >= 0.6 is 11.6 Å². The number of rotatable bonds is 5. The lowest BCUT2D eigenvalue weighted by Crippen LogP contribution is -2.16. The Morgan fingerprint density at radius 1 is 1.50 bits per heavy atom. The molecule has 2 aromatic rings. The van der Waals surface area contributed by atoms with E-state index in [4.69, 9.17) is 11.6 Å². The summed E-state index contributed by atoms with van der Waals surface area (Å²) in [5.41, 5.74) is -0.316. The third-order valence-corrected chi connectivity index (χ3v) is 2.54. The predicted octanol–water partition coefficient (Wildman–Crippen LogP) is 1.26. The lowest BCUT2D eigenvalue weighted by atomic mass is 10.3. The Bertz CT molecular complexity index is 630. The fourth-order valence-electron chi connectivity index (χ4n) is 1.43. The van der Waals surface area contributed by atoms with Crippen LogP contribution in [-0.4, -0.2) is 30.8 Å². The molecule has 9 nitrogen and oxygen atoms in total. The molecule has 0 radical (unpaired) electrons. The molecule has 0 aliphatic carbocycles. The fraction of sp³-hybridized carbons (Fsp3) is 0.200. The Labute approximate surface area is 117 Å². The molecule has 20 heavy (non-hydrogen) atoms. The number of pyridine rings is 1. The van der Waals surface area contributed by atoms with Gasteiger partial charge in [0.05, 0.1) is 17.7 Å². The van der Waals surface area contributed by atoms with Crippen molar-refractivity contribution in [1.82, 2.24) is 20.0 Å². The first-order chi connectivity index (χ1) is 9.56. The topological polar surface area (TPSA) is 116 Å². The highest BCUT2D eigenvalue weighted by atomic mass is 35.5. The molecule has 0 saturated carbocycles. The van der Waals surface area contributed by atoms with Gasteiger partial charge in [-0.15, -0.1) is 5.10 Å². The molecule has 0 saturated heterocycles. The molecular formula is C10H9ClN6O3. The molecule has 0 atom stereocenters. The molecule has 0 aliphatic heterocycles. The number of carbonyl (C=O) groups excluding carboxylic acids is 1. The molecule has 2 rings (SSSR count). The summed E-state index contributed by atoms with van der Waals surface area (Å²) < 4.78 is 1.47. The highest BCUT2D eigenvalue weighted by Crippen LogP contribution is 2.23. The summed E-state index contributed by atoms with van der Waals surface area (Å²) in [5, 5.41) is 20.5. The summed E-state index contributed by atoms with van der Waals surface area (Å²) >= 11 is 5.66. The van der Waals surface area contributed by atoms with Crippen molar-refractivity contribution in [3.05, 3.63) is 39.8 Å². The van der Waals surface area contributed by atoms with Crippen LogP contribution in [0.5, 0.6) is 0 Å². The van der Waals surface area contributed by atoms with Gasteiger partial charge in [-0.25, -0.2) is 4.98 Å². The maximum absolute atomic E-state index is 11.7. The lowest BCUT2D eigenvalue weighted by molar-refractivity contribution is -0.384. The van der Waals surface area contributed by atoms with Crippen molar-refractivity contribution < 1.29 is 9.72 Å². The Balaban J connectivity index is 2.03. The van der Waals surface area contributed by atoms with E-state index in [0.717, 1.165) is 0 Å². The highest BCUT2D eigenvalue weighted by Gasteiger charge is 2.17. The van der Waals surface area contributed by atoms with Gasteiger partial charge in [0, 0.05) is 18.7 Å². The fourth-order valence-corrected chi connectivity index (χ4v) is 1.58. The van der Waals surface area contributed by atoms with E-state index in [2.05, 4.69) is 20.6 Å². The van der Waals surface area contributed by atoms with Crippen LogP contribution < -0.4 is 5.32 Å². The van der Waals surface area contributed by atoms with Gasteiger partial charge in [-0.05, 0) is 6.07 Å². The van der Waals surface area contributed by atoms with E-state index in [1.165, 1.54) is 23.0 Å². The van der Waals surface area contributed by atoms with Crippen LogP contribution in [0.25, 0.3) is 0 Å². The number of hydrogen-bond donors (Lipinski definition) is 1. The Kier molecular flexibility index (Phi) is 4.20. The smallest absolute Gasteiger partial charge is 0.305 e. The minimum Gasteiger partial charge on any atom is -0.305 e. The minimum absolute atomic E-state index is 0.0576. The normalized spacial score (nSPS) is 10.2. The van der Waals surface area contributed by atoms with Crippen molar-refractivity contribution in [2.75, 3.05) is 5.32 Å².